The van der Waals surface area contributed by atoms with Crippen molar-refractivity contribution in [2.45, 2.75) is 0 Å². The Balaban J connectivity index is 1.09. The van der Waals surface area contributed by atoms with Crippen LogP contribution in [-0.2, 0) is 0 Å². The predicted molar refractivity (Wildman–Crippen MR) is 199 cm³/mol. The minimum Gasteiger partial charge on any atom is -0.203 e. The Labute approximate surface area is 311 Å². The molecular formula is C40H12F10S4. The lowest BCUT2D eigenvalue weighted by molar-refractivity contribution is 0.446. The van der Waals surface area contributed by atoms with E-state index in [-0.39, 0.29) is 20.0 Å². The van der Waals surface area contributed by atoms with Gasteiger partial charge in [-0.05, 0) is 116 Å². The summed E-state index contributed by atoms with van der Waals surface area (Å²) in [6.45, 7) is 0. The van der Waals surface area contributed by atoms with E-state index in [0.717, 1.165) is 45.3 Å². The average molecular weight is 811 g/mol. The average Bonchev–Trinajstić information content (AvgIpc) is 3.90. The predicted octanol–water partition coefficient (Wildman–Crippen LogP) is 15.2. The maximum atomic E-state index is 15.7. The summed E-state index contributed by atoms with van der Waals surface area (Å²) in [5.41, 5.74) is -6.26. The number of benzene rings is 6. The summed E-state index contributed by atoms with van der Waals surface area (Å²) < 4.78 is 156. The van der Waals surface area contributed by atoms with Crippen molar-refractivity contribution in [3.63, 3.8) is 0 Å². The van der Waals surface area contributed by atoms with Crippen LogP contribution in [0.1, 0.15) is 0 Å². The van der Waals surface area contributed by atoms with Crippen molar-refractivity contribution in [1.29, 1.82) is 0 Å². The fraction of sp³-hybridized carbons (Fsp3) is 0. The van der Waals surface area contributed by atoms with Gasteiger partial charge in [0.05, 0.1) is 22.3 Å². The molecule has 54 heavy (non-hydrogen) atoms. The van der Waals surface area contributed by atoms with E-state index in [9.17, 15) is 8.78 Å². The topological polar surface area (TPSA) is 0 Å². The largest absolute Gasteiger partial charge is 0.203 e. The summed E-state index contributed by atoms with van der Waals surface area (Å²) in [6, 6.07) is 18.8. The minimum atomic E-state index is -2.26. The van der Waals surface area contributed by atoms with Gasteiger partial charge in [-0.2, -0.15) is 8.78 Å². The molecule has 0 radical (unpaired) electrons. The third-order valence-electron chi connectivity index (χ3n) is 9.43. The molecule has 0 fully saturated rings. The Morgan fingerprint density at radius 2 is 0.500 bits per heavy atom. The van der Waals surface area contributed by atoms with Gasteiger partial charge in [-0.25, -0.2) is 35.1 Å². The third-order valence-corrected chi connectivity index (χ3v) is 13.4. The smallest absolute Gasteiger partial charge is 0.177 e. The van der Waals surface area contributed by atoms with Crippen molar-refractivity contribution < 1.29 is 43.9 Å². The molecule has 0 saturated heterocycles. The van der Waals surface area contributed by atoms with Crippen molar-refractivity contribution >= 4 is 107 Å². The molecule has 4 heterocycles. The van der Waals surface area contributed by atoms with Gasteiger partial charge in [0, 0.05) is 28.6 Å². The van der Waals surface area contributed by atoms with Gasteiger partial charge in [0.25, 0.3) is 0 Å². The lowest BCUT2D eigenvalue weighted by atomic mass is 9.96. The maximum absolute atomic E-state index is 15.7. The van der Waals surface area contributed by atoms with Gasteiger partial charge in [0.1, 0.15) is 0 Å². The monoisotopic (exact) mass is 810 g/mol. The lowest BCUT2D eigenvalue weighted by Gasteiger charge is -2.15. The first-order chi connectivity index (χ1) is 25.8. The van der Waals surface area contributed by atoms with Crippen LogP contribution in [0.25, 0.3) is 93.9 Å². The normalized spacial score (nSPS) is 12.3. The molecule has 0 bridgehead atoms. The van der Waals surface area contributed by atoms with Crippen LogP contribution in [-0.4, -0.2) is 0 Å². The van der Waals surface area contributed by atoms with Gasteiger partial charge in [-0.3, -0.25) is 0 Å². The molecule has 0 nitrogen and oxygen atoms in total. The van der Waals surface area contributed by atoms with Crippen LogP contribution >= 0.6 is 45.3 Å². The van der Waals surface area contributed by atoms with Gasteiger partial charge in [-0.15, -0.1) is 45.3 Å². The van der Waals surface area contributed by atoms with Gasteiger partial charge in [0.2, 0.25) is 0 Å². The number of fused-ring (bicyclic) bond motifs is 6. The van der Waals surface area contributed by atoms with Crippen LogP contribution in [0, 0.1) is 56.8 Å². The zero-order chi connectivity index (χ0) is 37.5. The van der Waals surface area contributed by atoms with E-state index >= 15 is 35.1 Å². The highest BCUT2D eigenvalue weighted by Gasteiger charge is 2.35. The summed E-state index contributed by atoms with van der Waals surface area (Å²) in [5.74, 6) is -17.1. The molecule has 0 aliphatic rings. The molecule has 0 unspecified atom stereocenters. The van der Waals surface area contributed by atoms with Gasteiger partial charge in [-0.1, -0.05) is 0 Å². The number of thiophene rings is 4. The Bertz CT molecular complexity index is 2880. The zero-order valence-corrected chi connectivity index (χ0v) is 29.6. The van der Waals surface area contributed by atoms with Gasteiger partial charge >= 0.3 is 0 Å². The summed E-state index contributed by atoms with van der Waals surface area (Å²) >= 11 is 3.40. The Morgan fingerprint density at radius 1 is 0.241 bits per heavy atom. The summed E-state index contributed by atoms with van der Waals surface area (Å²) in [7, 11) is 0. The Hall–Kier alpha value is -5.02. The van der Waals surface area contributed by atoms with Crippen LogP contribution < -0.4 is 0 Å². The fourth-order valence-corrected chi connectivity index (χ4v) is 10.9. The highest BCUT2D eigenvalue weighted by atomic mass is 32.1. The van der Waals surface area contributed by atoms with Crippen LogP contribution in [0.2, 0.25) is 0 Å². The van der Waals surface area contributed by atoms with Crippen molar-refractivity contribution in [3.8, 4) is 32.0 Å². The number of halogens is 10. The van der Waals surface area contributed by atoms with Crippen molar-refractivity contribution in [1.82, 2.24) is 0 Å². The molecule has 10 aromatic rings. The highest BCUT2D eigenvalue weighted by molar-refractivity contribution is 7.22. The highest BCUT2D eigenvalue weighted by Crippen LogP contribution is 2.47. The molecule has 266 valence electrons. The Kier molecular flexibility index (Phi) is 7.29. The van der Waals surface area contributed by atoms with Crippen LogP contribution in [0.3, 0.4) is 0 Å². The maximum Gasteiger partial charge on any atom is 0.177 e. The molecule has 14 heteroatoms. The Morgan fingerprint density at radius 3 is 0.815 bits per heavy atom. The van der Waals surface area contributed by atoms with E-state index < -0.39 is 68.8 Å². The van der Waals surface area contributed by atoms with Crippen molar-refractivity contribution in [2.24, 2.45) is 0 Å². The lowest BCUT2D eigenvalue weighted by Crippen LogP contribution is -2.09. The van der Waals surface area contributed by atoms with E-state index in [2.05, 4.69) is 0 Å². The minimum absolute atomic E-state index is 0.273. The summed E-state index contributed by atoms with van der Waals surface area (Å²) in [6.07, 6.45) is 0. The van der Waals surface area contributed by atoms with Gasteiger partial charge < -0.3 is 0 Å². The molecule has 0 saturated carbocycles. The molecule has 0 amide bonds. The van der Waals surface area contributed by atoms with Crippen LogP contribution in [0.4, 0.5) is 43.9 Å². The third kappa shape index (κ3) is 4.86. The molecule has 0 aliphatic carbocycles. The van der Waals surface area contributed by atoms with Crippen molar-refractivity contribution in [3.05, 3.63) is 130 Å². The standard InChI is InChI=1S/C40H12F10S4/c41-27-11-19-3-15-5-21-17(1-13(15)7-23(19)53-27)9-25(51-21)29-33(43)37(47)31(38(48)34(29)44)32-39(49)35(45)30(36(46)40(32)50)26-10-18-2-14-8-24-20(12-28(42)54-24)4-16(14)6-22(18)52-26/h1-12H. The second kappa shape index (κ2) is 11.7. The second-order valence-electron chi connectivity index (χ2n) is 12.6. The number of hydrogen-bond acceptors (Lipinski definition) is 4. The second-order valence-corrected chi connectivity index (χ2v) is 16.8. The first kappa shape index (κ1) is 33.5. The van der Waals surface area contributed by atoms with E-state index in [0.29, 0.717) is 61.9 Å². The van der Waals surface area contributed by atoms with Crippen LogP contribution in [0.15, 0.2) is 72.8 Å². The first-order valence-electron chi connectivity index (χ1n) is 15.7. The molecule has 10 rings (SSSR count). The first-order valence-corrected chi connectivity index (χ1v) is 19.0. The molecule has 4 aromatic heterocycles. The van der Waals surface area contributed by atoms with E-state index in [1.165, 1.54) is 24.3 Å². The summed E-state index contributed by atoms with van der Waals surface area (Å²) in [4.78, 5) is -0.545. The molecule has 0 spiro atoms. The zero-order valence-electron chi connectivity index (χ0n) is 26.3. The molecule has 0 aliphatic heterocycles. The number of rotatable bonds is 3. The quantitative estimate of drug-likeness (QED) is 0.123. The molecule has 0 N–H and O–H groups in total. The van der Waals surface area contributed by atoms with Crippen LogP contribution in [0.5, 0.6) is 0 Å². The summed E-state index contributed by atoms with van der Waals surface area (Å²) in [5, 5.41) is 4.03. The molecular weight excluding hydrogens is 799 g/mol. The number of hydrogen-bond donors (Lipinski definition) is 0. The fourth-order valence-electron chi connectivity index (χ4n) is 6.96. The van der Waals surface area contributed by atoms with Gasteiger partial charge in [0.15, 0.2) is 56.8 Å². The molecule has 6 aromatic carbocycles. The molecule has 0 atom stereocenters. The van der Waals surface area contributed by atoms with E-state index in [1.54, 1.807) is 48.5 Å². The van der Waals surface area contributed by atoms with E-state index in [1.807, 2.05) is 0 Å². The SMILES string of the molecule is Fc1cc2cc3cc4sc(-c5c(F)c(F)c(-c6c(F)c(F)c(-c7cc8cc9cc%10sc(F)cc%10cc9cc8s7)c(F)c6F)c(F)c5F)cc4cc3cc2s1. The van der Waals surface area contributed by atoms with Crippen molar-refractivity contribution in [2.75, 3.05) is 0 Å². The van der Waals surface area contributed by atoms with E-state index in [4.69, 9.17) is 0 Å².